The zero-order chi connectivity index (χ0) is 12.6. The Hall–Kier alpha value is -1.49. The quantitative estimate of drug-likeness (QED) is 0.881. The molecular weight excluding hydrogens is 238 g/mol. The molecule has 0 amide bonds. The molecule has 0 unspecified atom stereocenters. The highest BCUT2D eigenvalue weighted by Gasteiger charge is 2.18. The molecule has 92 valence electrons. The van der Waals surface area contributed by atoms with Gasteiger partial charge in [-0.3, -0.25) is 0 Å². The summed E-state index contributed by atoms with van der Waals surface area (Å²) in [7, 11) is -3.13. The summed E-state index contributed by atoms with van der Waals surface area (Å²) in [6.07, 6.45) is 1.68. The van der Waals surface area contributed by atoms with Gasteiger partial charge in [0, 0.05) is 17.1 Å². The Morgan fingerprint density at radius 1 is 1.35 bits per heavy atom. The number of aromatic hydroxyl groups is 1. The maximum atomic E-state index is 11.8. The van der Waals surface area contributed by atoms with Gasteiger partial charge in [-0.15, -0.1) is 0 Å². The molecule has 0 fully saturated rings. The lowest BCUT2D eigenvalue weighted by Gasteiger charge is -2.06. The van der Waals surface area contributed by atoms with Crippen LogP contribution in [0.3, 0.4) is 0 Å². The van der Waals surface area contributed by atoms with E-state index in [9.17, 15) is 13.5 Å². The number of sulfone groups is 1. The van der Waals surface area contributed by atoms with Crippen LogP contribution >= 0.6 is 0 Å². The molecular formula is C12H15NO3S. The number of nitrogens with one attached hydrogen (secondary N) is 1. The van der Waals surface area contributed by atoms with Crippen molar-refractivity contribution in [3.8, 4) is 5.75 Å². The van der Waals surface area contributed by atoms with E-state index in [-0.39, 0.29) is 11.5 Å². The molecule has 0 atom stereocenters. The number of benzene rings is 1. The van der Waals surface area contributed by atoms with Crippen LogP contribution in [-0.4, -0.2) is 23.8 Å². The van der Waals surface area contributed by atoms with Crippen LogP contribution in [0, 0.1) is 0 Å². The van der Waals surface area contributed by atoms with Crippen LogP contribution < -0.4 is 0 Å². The summed E-state index contributed by atoms with van der Waals surface area (Å²) in [6.45, 7) is 3.34. The first-order valence-electron chi connectivity index (χ1n) is 5.40. The van der Waals surface area contributed by atoms with Crippen LogP contribution in [0.1, 0.15) is 19.4 Å². The summed E-state index contributed by atoms with van der Waals surface area (Å²) < 4.78 is 23.7. The van der Waals surface area contributed by atoms with Gasteiger partial charge in [-0.1, -0.05) is 0 Å². The minimum absolute atomic E-state index is 0.00583. The molecule has 2 N–H and O–H groups in total. The van der Waals surface area contributed by atoms with Crippen LogP contribution in [0.2, 0.25) is 0 Å². The molecule has 0 saturated heterocycles. The molecule has 1 aromatic heterocycles. The van der Waals surface area contributed by atoms with E-state index in [0.29, 0.717) is 5.56 Å². The largest absolute Gasteiger partial charge is 0.508 e. The Morgan fingerprint density at radius 3 is 2.71 bits per heavy atom. The fourth-order valence-electron chi connectivity index (χ4n) is 1.67. The standard InChI is InChI=1S/C12H15NO3S/c1-8(2)17(15,16)7-9-6-13-12-4-3-10(14)5-11(9)12/h3-6,8,13-14H,7H2,1-2H3. The van der Waals surface area contributed by atoms with E-state index in [1.165, 1.54) is 0 Å². The lowest BCUT2D eigenvalue weighted by molar-refractivity contribution is 0.476. The third-order valence-electron chi connectivity index (χ3n) is 2.83. The second-order valence-corrected chi connectivity index (χ2v) is 6.96. The number of H-pyrrole nitrogens is 1. The highest BCUT2D eigenvalue weighted by Crippen LogP contribution is 2.25. The van der Waals surface area contributed by atoms with Crippen LogP contribution in [0.25, 0.3) is 10.9 Å². The molecule has 0 aliphatic rings. The minimum Gasteiger partial charge on any atom is -0.508 e. The molecule has 1 heterocycles. The molecule has 5 heteroatoms. The van der Waals surface area contributed by atoms with Gasteiger partial charge < -0.3 is 10.1 Å². The lowest BCUT2D eigenvalue weighted by atomic mass is 10.2. The summed E-state index contributed by atoms with van der Waals surface area (Å²) in [5, 5.41) is 9.78. The fourth-order valence-corrected chi connectivity index (χ4v) is 2.67. The van der Waals surface area contributed by atoms with E-state index < -0.39 is 15.1 Å². The zero-order valence-corrected chi connectivity index (χ0v) is 10.6. The molecule has 4 nitrogen and oxygen atoms in total. The zero-order valence-electron chi connectivity index (χ0n) is 9.77. The van der Waals surface area contributed by atoms with Crippen molar-refractivity contribution in [2.24, 2.45) is 0 Å². The van der Waals surface area contributed by atoms with Gasteiger partial charge in [0.2, 0.25) is 0 Å². The summed E-state index contributed by atoms with van der Waals surface area (Å²) in [4.78, 5) is 3.00. The summed E-state index contributed by atoms with van der Waals surface area (Å²) >= 11 is 0. The van der Waals surface area contributed by atoms with Crippen molar-refractivity contribution in [3.63, 3.8) is 0 Å². The predicted octanol–water partition coefficient (Wildman–Crippen LogP) is 2.20. The molecule has 0 bridgehead atoms. The first-order chi connectivity index (χ1) is 7.90. The Bertz CT molecular complexity index is 641. The van der Waals surface area contributed by atoms with Crippen LogP contribution in [-0.2, 0) is 15.6 Å². The summed E-state index contributed by atoms with van der Waals surface area (Å²) in [5.41, 5.74) is 1.53. The topological polar surface area (TPSA) is 70.2 Å². The van der Waals surface area contributed by atoms with Gasteiger partial charge >= 0.3 is 0 Å². The van der Waals surface area contributed by atoms with E-state index in [0.717, 1.165) is 10.9 Å². The van der Waals surface area contributed by atoms with Gasteiger partial charge in [0.1, 0.15) is 5.75 Å². The van der Waals surface area contributed by atoms with Crippen molar-refractivity contribution in [2.45, 2.75) is 24.9 Å². The van der Waals surface area contributed by atoms with E-state index in [1.807, 2.05) is 0 Å². The normalized spacial score (nSPS) is 12.4. The molecule has 1 aromatic carbocycles. The van der Waals surface area contributed by atoms with Crippen molar-refractivity contribution in [3.05, 3.63) is 30.0 Å². The third-order valence-corrected chi connectivity index (χ3v) is 4.98. The maximum absolute atomic E-state index is 11.8. The third kappa shape index (κ3) is 2.29. The van der Waals surface area contributed by atoms with Crippen molar-refractivity contribution in [2.75, 3.05) is 0 Å². The van der Waals surface area contributed by atoms with Crippen molar-refractivity contribution in [1.82, 2.24) is 4.98 Å². The number of phenolic OH excluding ortho intramolecular Hbond substituents is 1. The summed E-state index contributed by atoms with van der Waals surface area (Å²) in [5.74, 6) is 0.133. The average molecular weight is 253 g/mol. The highest BCUT2D eigenvalue weighted by molar-refractivity contribution is 7.91. The predicted molar refractivity (Wildman–Crippen MR) is 67.7 cm³/mol. The molecule has 0 spiro atoms. The van der Waals surface area contributed by atoms with Crippen LogP contribution in [0.5, 0.6) is 5.75 Å². The van der Waals surface area contributed by atoms with E-state index in [2.05, 4.69) is 4.98 Å². The SMILES string of the molecule is CC(C)S(=O)(=O)Cc1c[nH]c2ccc(O)cc12. The van der Waals surface area contributed by atoms with E-state index >= 15 is 0 Å². The second kappa shape index (κ2) is 4.07. The molecule has 0 radical (unpaired) electrons. The highest BCUT2D eigenvalue weighted by atomic mass is 32.2. The monoisotopic (exact) mass is 253 g/mol. The number of aromatic amines is 1. The smallest absolute Gasteiger partial charge is 0.156 e. The van der Waals surface area contributed by atoms with E-state index in [1.54, 1.807) is 38.2 Å². The summed E-state index contributed by atoms with van der Waals surface area (Å²) in [6, 6.07) is 4.88. The average Bonchev–Trinajstić information content (AvgIpc) is 2.60. The van der Waals surface area contributed by atoms with Crippen molar-refractivity contribution >= 4 is 20.7 Å². The Kier molecular flexibility index (Phi) is 2.87. The number of hydrogen-bond acceptors (Lipinski definition) is 3. The Morgan fingerprint density at radius 2 is 2.06 bits per heavy atom. The Labute approximate surface area is 100 Å². The molecule has 2 aromatic rings. The maximum Gasteiger partial charge on any atom is 0.156 e. The molecule has 0 aliphatic carbocycles. The van der Waals surface area contributed by atoms with Gasteiger partial charge in [0.25, 0.3) is 0 Å². The number of aromatic nitrogens is 1. The number of hydrogen-bond donors (Lipinski definition) is 2. The molecule has 2 rings (SSSR count). The minimum atomic E-state index is -3.13. The first kappa shape index (κ1) is 12.0. The van der Waals surface area contributed by atoms with Crippen molar-refractivity contribution < 1.29 is 13.5 Å². The van der Waals surface area contributed by atoms with Gasteiger partial charge in [-0.2, -0.15) is 0 Å². The second-order valence-electron chi connectivity index (χ2n) is 4.40. The molecule has 0 aliphatic heterocycles. The van der Waals surface area contributed by atoms with Gasteiger partial charge in [-0.05, 0) is 37.6 Å². The number of phenols is 1. The molecule has 17 heavy (non-hydrogen) atoms. The first-order valence-corrected chi connectivity index (χ1v) is 7.12. The van der Waals surface area contributed by atoms with E-state index in [4.69, 9.17) is 0 Å². The van der Waals surface area contributed by atoms with Crippen molar-refractivity contribution in [1.29, 1.82) is 0 Å². The van der Waals surface area contributed by atoms with Gasteiger partial charge in [0.05, 0.1) is 11.0 Å². The Balaban J connectivity index is 2.47. The molecule has 0 saturated carbocycles. The van der Waals surface area contributed by atoms with Crippen LogP contribution in [0.4, 0.5) is 0 Å². The van der Waals surface area contributed by atoms with Gasteiger partial charge in [0.15, 0.2) is 9.84 Å². The fraction of sp³-hybridized carbons (Fsp3) is 0.333. The number of fused-ring (bicyclic) bond motifs is 1. The van der Waals surface area contributed by atoms with Gasteiger partial charge in [-0.25, -0.2) is 8.42 Å². The lowest BCUT2D eigenvalue weighted by Crippen LogP contribution is -2.15. The van der Waals surface area contributed by atoms with Crippen LogP contribution in [0.15, 0.2) is 24.4 Å². The number of rotatable bonds is 3.